The van der Waals surface area contributed by atoms with Crippen molar-refractivity contribution in [3.05, 3.63) is 24.3 Å². The zero-order valence-electron chi connectivity index (χ0n) is 20.7. The minimum Gasteiger partial charge on any atom is -0.481 e. The third-order valence-electron chi connectivity index (χ3n) is 5.37. The molecule has 1 aromatic rings. The summed E-state index contributed by atoms with van der Waals surface area (Å²) in [7, 11) is -0.347. The number of benzene rings is 1. The number of nitrogens with zero attached hydrogens (tertiary/aromatic N) is 2. The van der Waals surface area contributed by atoms with E-state index in [0.29, 0.717) is 18.8 Å². The second-order valence-electron chi connectivity index (χ2n) is 8.84. The number of hydroxylamine groups is 1. The van der Waals surface area contributed by atoms with E-state index in [0.717, 1.165) is 4.31 Å². The van der Waals surface area contributed by atoms with Gasteiger partial charge in [0.2, 0.25) is 15.9 Å². The molecular formula is C23H34N4O6S2. The maximum atomic E-state index is 13.6. The number of carbonyl (C=O) groups is 2. The van der Waals surface area contributed by atoms with Gasteiger partial charge in [0.1, 0.15) is 18.4 Å². The van der Waals surface area contributed by atoms with E-state index >= 15 is 0 Å². The lowest BCUT2D eigenvalue weighted by Crippen LogP contribution is -2.63. The number of amides is 2. The molecule has 0 bridgehead atoms. The van der Waals surface area contributed by atoms with Crippen molar-refractivity contribution >= 4 is 33.6 Å². The van der Waals surface area contributed by atoms with E-state index in [1.807, 2.05) is 19.0 Å². The van der Waals surface area contributed by atoms with Crippen LogP contribution in [-0.2, 0) is 19.6 Å². The van der Waals surface area contributed by atoms with E-state index in [4.69, 9.17) is 4.74 Å². The fourth-order valence-electron chi connectivity index (χ4n) is 3.77. The minimum absolute atomic E-state index is 0.0287. The molecule has 2 amide bonds. The Balaban J connectivity index is 2.30. The Kier molecular flexibility index (Phi) is 10.4. The number of likely N-dealkylation sites (N-methyl/N-ethyl adjacent to an activating group) is 1. The van der Waals surface area contributed by atoms with Gasteiger partial charge in [0, 0.05) is 36.1 Å². The Morgan fingerprint density at radius 1 is 1.29 bits per heavy atom. The monoisotopic (exact) mass is 526 g/mol. The first-order valence-electron chi connectivity index (χ1n) is 11.1. The van der Waals surface area contributed by atoms with Crippen LogP contribution in [0.3, 0.4) is 0 Å². The van der Waals surface area contributed by atoms with Crippen LogP contribution in [0.4, 0.5) is 0 Å². The highest BCUT2D eigenvalue weighted by Crippen LogP contribution is 2.43. The number of hydrogen-bond donors (Lipinski definition) is 3. The maximum absolute atomic E-state index is 13.6. The van der Waals surface area contributed by atoms with Gasteiger partial charge in [-0.15, -0.1) is 17.7 Å². The van der Waals surface area contributed by atoms with Gasteiger partial charge in [0.15, 0.2) is 0 Å². The first kappa shape index (κ1) is 28.9. The second kappa shape index (κ2) is 12.6. The smallest absolute Gasteiger partial charge is 0.263 e. The van der Waals surface area contributed by atoms with Gasteiger partial charge in [-0.05, 0) is 59.1 Å². The first-order valence-corrected chi connectivity index (χ1v) is 13.4. The molecule has 1 heterocycles. The van der Waals surface area contributed by atoms with Crippen LogP contribution in [0.15, 0.2) is 29.2 Å². The van der Waals surface area contributed by atoms with Crippen LogP contribution >= 0.6 is 11.8 Å². The van der Waals surface area contributed by atoms with Crippen LogP contribution in [0.25, 0.3) is 0 Å². The molecule has 35 heavy (non-hydrogen) atoms. The summed E-state index contributed by atoms with van der Waals surface area (Å²) in [4.78, 5) is 27.0. The zero-order chi connectivity index (χ0) is 26.2. The molecule has 12 heteroatoms. The molecule has 1 aliphatic heterocycles. The summed E-state index contributed by atoms with van der Waals surface area (Å²) in [6.45, 7) is 6.40. The zero-order valence-corrected chi connectivity index (χ0v) is 22.3. The number of sulfonamides is 1. The van der Waals surface area contributed by atoms with Gasteiger partial charge < -0.3 is 15.0 Å². The van der Waals surface area contributed by atoms with Crippen molar-refractivity contribution in [3.8, 4) is 17.6 Å². The summed E-state index contributed by atoms with van der Waals surface area (Å²) < 4.78 is 32.9. The highest BCUT2D eigenvalue weighted by Gasteiger charge is 2.51. The molecule has 1 saturated heterocycles. The second-order valence-corrected chi connectivity index (χ2v) is 12.7. The highest BCUT2D eigenvalue weighted by molar-refractivity contribution is 8.01. The van der Waals surface area contributed by atoms with Crippen molar-refractivity contribution in [2.45, 2.75) is 48.1 Å². The maximum Gasteiger partial charge on any atom is 0.263 e. The third-order valence-corrected chi connectivity index (χ3v) is 8.70. The summed E-state index contributed by atoms with van der Waals surface area (Å²) in [5.74, 6) is 4.90. The normalized spacial score (nSPS) is 20.0. The molecule has 10 nitrogen and oxygen atoms in total. The van der Waals surface area contributed by atoms with E-state index < -0.39 is 32.0 Å². The molecular weight excluding hydrogens is 492 g/mol. The van der Waals surface area contributed by atoms with Crippen molar-refractivity contribution in [3.63, 3.8) is 0 Å². The quantitative estimate of drug-likeness (QED) is 0.233. The Labute approximate surface area is 211 Å². The molecule has 1 aromatic carbocycles. The fraction of sp³-hybridized carbons (Fsp3) is 0.565. The van der Waals surface area contributed by atoms with Gasteiger partial charge in [-0.1, -0.05) is 5.92 Å². The predicted molar refractivity (Wildman–Crippen MR) is 135 cm³/mol. The molecule has 0 aromatic heterocycles. The highest BCUT2D eigenvalue weighted by atomic mass is 32.2. The molecule has 194 valence electrons. The summed E-state index contributed by atoms with van der Waals surface area (Å²) >= 11 is 1.36. The molecule has 3 N–H and O–H groups in total. The lowest BCUT2D eigenvalue weighted by Gasteiger charge is -2.46. The lowest BCUT2D eigenvalue weighted by atomic mass is 10.0. The largest absolute Gasteiger partial charge is 0.481 e. The van der Waals surface area contributed by atoms with E-state index in [1.165, 1.54) is 36.0 Å². The predicted octanol–water partition coefficient (Wildman–Crippen LogP) is 0.915. The third kappa shape index (κ3) is 7.85. The number of hydrogen-bond acceptors (Lipinski definition) is 8. The number of ether oxygens (including phenoxy) is 1. The number of carbonyl (C=O) groups excluding carboxylic acids is 2. The van der Waals surface area contributed by atoms with Gasteiger partial charge in [-0.2, -0.15) is 4.31 Å². The molecule has 1 aliphatic rings. The SMILES string of the molecule is CC#CCOc1ccc(S(=O)(=O)N2CC(CC(=O)NCCN(C)C)SC(C)(C)C2C(=O)NO)cc1. The Morgan fingerprint density at radius 3 is 2.51 bits per heavy atom. The molecule has 0 radical (unpaired) electrons. The molecule has 0 aliphatic carbocycles. The van der Waals surface area contributed by atoms with Gasteiger partial charge >= 0.3 is 0 Å². The van der Waals surface area contributed by atoms with Crippen LogP contribution in [0, 0.1) is 11.8 Å². The van der Waals surface area contributed by atoms with Gasteiger partial charge in [-0.3, -0.25) is 14.8 Å². The molecule has 0 saturated carbocycles. The Bertz CT molecular complexity index is 1050. The van der Waals surface area contributed by atoms with E-state index in [-0.39, 0.29) is 30.4 Å². The number of rotatable bonds is 10. The number of thioether (sulfide) groups is 1. The van der Waals surface area contributed by atoms with E-state index in [2.05, 4.69) is 17.2 Å². The van der Waals surface area contributed by atoms with E-state index in [9.17, 15) is 23.2 Å². The summed E-state index contributed by atoms with van der Waals surface area (Å²) in [5.41, 5.74) is 1.60. The van der Waals surface area contributed by atoms with Gasteiger partial charge in [0.25, 0.3) is 5.91 Å². The molecule has 1 fully saturated rings. The van der Waals surface area contributed by atoms with Crippen LogP contribution < -0.4 is 15.5 Å². The van der Waals surface area contributed by atoms with Crippen LogP contribution in [0.2, 0.25) is 0 Å². The summed E-state index contributed by atoms with van der Waals surface area (Å²) in [6.07, 6.45) is 0.0895. The van der Waals surface area contributed by atoms with Crippen molar-refractivity contribution < 1.29 is 28.0 Å². The van der Waals surface area contributed by atoms with Crippen LogP contribution in [0.5, 0.6) is 5.75 Å². The first-order chi connectivity index (χ1) is 16.4. The molecule has 0 spiro atoms. The number of nitrogens with one attached hydrogen (secondary N) is 2. The van der Waals surface area contributed by atoms with Crippen molar-refractivity contribution in [2.24, 2.45) is 0 Å². The van der Waals surface area contributed by atoms with Gasteiger partial charge in [-0.25, -0.2) is 13.9 Å². The lowest BCUT2D eigenvalue weighted by molar-refractivity contribution is -0.134. The Hall–Kier alpha value is -2.30. The fourth-order valence-corrected chi connectivity index (χ4v) is 7.38. The minimum atomic E-state index is -4.15. The molecule has 2 unspecified atom stereocenters. The summed E-state index contributed by atoms with van der Waals surface area (Å²) in [6, 6.07) is 4.65. The molecule has 2 rings (SSSR count). The van der Waals surface area contributed by atoms with E-state index in [1.54, 1.807) is 26.3 Å². The average molecular weight is 527 g/mol. The van der Waals surface area contributed by atoms with Crippen molar-refractivity contribution in [1.82, 2.24) is 20.0 Å². The molecule has 2 atom stereocenters. The van der Waals surface area contributed by atoms with Crippen LogP contribution in [0.1, 0.15) is 27.2 Å². The summed E-state index contributed by atoms with van der Waals surface area (Å²) in [5, 5.41) is 11.8. The van der Waals surface area contributed by atoms with Crippen molar-refractivity contribution in [2.75, 3.05) is 40.3 Å². The van der Waals surface area contributed by atoms with Gasteiger partial charge in [0.05, 0.1) is 4.90 Å². The van der Waals surface area contributed by atoms with Crippen molar-refractivity contribution in [1.29, 1.82) is 0 Å². The standard InChI is InChI=1S/C23H34N4O6S2/c1-6-7-14-33-17-8-10-19(11-9-17)35(31,32)27-16-18(15-20(28)24-12-13-26(4)5)34-23(2,3)21(27)22(29)25-30/h8-11,18,21,30H,12-16H2,1-5H3,(H,24,28)(H,25,29). The van der Waals surface area contributed by atoms with Crippen LogP contribution in [-0.4, -0.2) is 91.0 Å². The average Bonchev–Trinajstić information content (AvgIpc) is 2.78. The topological polar surface area (TPSA) is 128 Å². The Morgan fingerprint density at radius 2 is 1.94 bits per heavy atom.